The molecule has 4 nitrogen and oxygen atoms in total. The molecule has 1 heterocycles. The van der Waals surface area contributed by atoms with Gasteiger partial charge in [0.2, 0.25) is 0 Å². The largest absolute Gasteiger partial charge is 0.395 e. The maximum absolute atomic E-state index is 8.92. The molecule has 0 aliphatic carbocycles. The second kappa shape index (κ2) is 6.02. The molecule has 15 heavy (non-hydrogen) atoms. The zero-order chi connectivity index (χ0) is 11.3. The zero-order valence-electron chi connectivity index (χ0n) is 8.52. The van der Waals surface area contributed by atoms with Gasteiger partial charge in [0.1, 0.15) is 5.15 Å². The standard InChI is InChI=1S/C10H15ClN2O2/c1-7(13-9(5-14)6-15)8-2-3-12-10(11)4-8/h2-4,7,9,13-15H,5-6H2,1H3. The number of halogens is 1. The smallest absolute Gasteiger partial charge is 0.129 e. The second-order valence-corrected chi connectivity index (χ2v) is 3.75. The first-order valence-electron chi connectivity index (χ1n) is 4.76. The Labute approximate surface area is 93.9 Å². The molecule has 0 saturated heterocycles. The van der Waals surface area contributed by atoms with Crippen LogP contribution in [-0.4, -0.2) is 34.5 Å². The first-order chi connectivity index (χ1) is 7.17. The number of aliphatic hydroxyl groups is 2. The molecular weight excluding hydrogens is 216 g/mol. The normalized spacial score (nSPS) is 13.1. The Morgan fingerprint density at radius 3 is 2.67 bits per heavy atom. The molecule has 5 heteroatoms. The predicted molar refractivity (Wildman–Crippen MR) is 58.8 cm³/mol. The Morgan fingerprint density at radius 1 is 1.47 bits per heavy atom. The van der Waals surface area contributed by atoms with Gasteiger partial charge in [0.15, 0.2) is 0 Å². The minimum absolute atomic E-state index is 0.00907. The highest BCUT2D eigenvalue weighted by molar-refractivity contribution is 6.29. The van der Waals surface area contributed by atoms with E-state index in [-0.39, 0.29) is 25.3 Å². The van der Waals surface area contributed by atoms with Gasteiger partial charge in [-0.15, -0.1) is 0 Å². The third kappa shape index (κ3) is 3.76. The van der Waals surface area contributed by atoms with Crippen molar-refractivity contribution in [2.45, 2.75) is 19.0 Å². The molecule has 3 N–H and O–H groups in total. The van der Waals surface area contributed by atoms with Gasteiger partial charge in [-0.1, -0.05) is 11.6 Å². The van der Waals surface area contributed by atoms with Crippen LogP contribution in [-0.2, 0) is 0 Å². The number of aliphatic hydroxyl groups excluding tert-OH is 2. The Hall–Kier alpha value is -0.680. The number of nitrogens with one attached hydrogen (secondary N) is 1. The monoisotopic (exact) mass is 230 g/mol. The number of pyridine rings is 1. The van der Waals surface area contributed by atoms with Crippen LogP contribution in [0, 0.1) is 0 Å². The number of hydrogen-bond acceptors (Lipinski definition) is 4. The minimum atomic E-state index is -0.313. The molecule has 0 amide bonds. The van der Waals surface area contributed by atoms with Crippen molar-refractivity contribution >= 4 is 11.6 Å². The maximum Gasteiger partial charge on any atom is 0.129 e. The summed E-state index contributed by atoms with van der Waals surface area (Å²) in [6.45, 7) is 1.74. The van der Waals surface area contributed by atoms with Crippen molar-refractivity contribution in [3.8, 4) is 0 Å². The SMILES string of the molecule is CC(NC(CO)CO)c1ccnc(Cl)c1. The fourth-order valence-electron chi connectivity index (χ4n) is 1.30. The molecule has 0 fully saturated rings. The molecule has 1 unspecified atom stereocenters. The van der Waals surface area contributed by atoms with Crippen LogP contribution in [0.1, 0.15) is 18.5 Å². The maximum atomic E-state index is 8.92. The van der Waals surface area contributed by atoms with E-state index < -0.39 is 0 Å². The lowest BCUT2D eigenvalue weighted by Crippen LogP contribution is -2.37. The van der Waals surface area contributed by atoms with Crippen LogP contribution in [0.3, 0.4) is 0 Å². The van der Waals surface area contributed by atoms with E-state index >= 15 is 0 Å². The Balaban J connectivity index is 2.64. The fraction of sp³-hybridized carbons (Fsp3) is 0.500. The second-order valence-electron chi connectivity index (χ2n) is 3.36. The molecular formula is C10H15ClN2O2. The van der Waals surface area contributed by atoms with E-state index in [0.29, 0.717) is 5.15 Å². The van der Waals surface area contributed by atoms with Crippen LogP contribution in [0.15, 0.2) is 18.3 Å². The number of hydrogen-bond donors (Lipinski definition) is 3. The highest BCUT2D eigenvalue weighted by Crippen LogP contribution is 2.15. The Kier molecular flexibility index (Phi) is 4.98. The lowest BCUT2D eigenvalue weighted by molar-refractivity contribution is 0.163. The van der Waals surface area contributed by atoms with Gasteiger partial charge in [-0.2, -0.15) is 0 Å². The molecule has 0 aliphatic rings. The zero-order valence-corrected chi connectivity index (χ0v) is 9.28. The molecule has 0 aliphatic heterocycles. The highest BCUT2D eigenvalue weighted by atomic mass is 35.5. The van der Waals surface area contributed by atoms with Crippen LogP contribution in [0.2, 0.25) is 5.15 Å². The van der Waals surface area contributed by atoms with Gasteiger partial charge in [-0.3, -0.25) is 0 Å². The van der Waals surface area contributed by atoms with Crippen LogP contribution in [0.25, 0.3) is 0 Å². The average molecular weight is 231 g/mol. The van der Waals surface area contributed by atoms with Crippen molar-refractivity contribution < 1.29 is 10.2 Å². The van der Waals surface area contributed by atoms with Crippen LogP contribution >= 0.6 is 11.6 Å². The molecule has 84 valence electrons. The average Bonchev–Trinajstić information content (AvgIpc) is 2.25. The molecule has 0 bridgehead atoms. The summed E-state index contributed by atoms with van der Waals surface area (Å²) >= 11 is 5.76. The van der Waals surface area contributed by atoms with Gasteiger partial charge in [-0.05, 0) is 24.6 Å². The summed E-state index contributed by atoms with van der Waals surface area (Å²) in [5, 5.41) is 21.3. The number of rotatable bonds is 5. The van der Waals surface area contributed by atoms with E-state index in [2.05, 4.69) is 10.3 Å². The Bertz CT molecular complexity index is 305. The summed E-state index contributed by atoms with van der Waals surface area (Å²) in [6, 6.07) is 3.29. The molecule has 1 rings (SSSR count). The first-order valence-corrected chi connectivity index (χ1v) is 5.14. The van der Waals surface area contributed by atoms with Gasteiger partial charge >= 0.3 is 0 Å². The van der Waals surface area contributed by atoms with E-state index in [1.54, 1.807) is 12.3 Å². The quantitative estimate of drug-likeness (QED) is 0.653. The van der Waals surface area contributed by atoms with E-state index in [1.165, 1.54) is 0 Å². The van der Waals surface area contributed by atoms with Crippen molar-refractivity contribution in [1.29, 1.82) is 0 Å². The van der Waals surface area contributed by atoms with Crippen LogP contribution in [0.4, 0.5) is 0 Å². The van der Waals surface area contributed by atoms with Gasteiger partial charge in [0, 0.05) is 12.2 Å². The van der Waals surface area contributed by atoms with Crippen LogP contribution in [0.5, 0.6) is 0 Å². The van der Waals surface area contributed by atoms with E-state index in [4.69, 9.17) is 21.8 Å². The van der Waals surface area contributed by atoms with Crippen molar-refractivity contribution in [2.75, 3.05) is 13.2 Å². The third-order valence-corrected chi connectivity index (χ3v) is 2.38. The molecule has 0 radical (unpaired) electrons. The van der Waals surface area contributed by atoms with Crippen molar-refractivity contribution in [3.63, 3.8) is 0 Å². The lowest BCUT2D eigenvalue weighted by Gasteiger charge is -2.20. The van der Waals surface area contributed by atoms with E-state index in [1.807, 2.05) is 13.0 Å². The van der Waals surface area contributed by atoms with Gasteiger partial charge in [-0.25, -0.2) is 4.98 Å². The summed E-state index contributed by atoms with van der Waals surface area (Å²) in [6.07, 6.45) is 1.63. The van der Waals surface area contributed by atoms with E-state index in [0.717, 1.165) is 5.56 Å². The summed E-state index contributed by atoms with van der Waals surface area (Å²) < 4.78 is 0. The highest BCUT2D eigenvalue weighted by Gasteiger charge is 2.11. The molecule has 0 saturated carbocycles. The van der Waals surface area contributed by atoms with Gasteiger partial charge < -0.3 is 15.5 Å². The minimum Gasteiger partial charge on any atom is -0.395 e. The fourth-order valence-corrected chi connectivity index (χ4v) is 1.48. The van der Waals surface area contributed by atoms with Crippen molar-refractivity contribution in [1.82, 2.24) is 10.3 Å². The third-order valence-electron chi connectivity index (χ3n) is 2.18. The van der Waals surface area contributed by atoms with Crippen LogP contribution < -0.4 is 5.32 Å². The first kappa shape index (κ1) is 12.4. The van der Waals surface area contributed by atoms with Crippen molar-refractivity contribution in [2.24, 2.45) is 0 Å². The predicted octanol–water partition coefficient (Wildman–Crippen LogP) is 0.739. The molecule has 1 atom stereocenters. The summed E-state index contributed by atoms with van der Waals surface area (Å²) in [7, 11) is 0. The van der Waals surface area contributed by atoms with Crippen molar-refractivity contribution in [3.05, 3.63) is 29.0 Å². The summed E-state index contributed by atoms with van der Waals surface area (Å²) in [4.78, 5) is 3.88. The molecule has 0 aromatic carbocycles. The number of aromatic nitrogens is 1. The lowest BCUT2D eigenvalue weighted by atomic mass is 10.1. The molecule has 1 aromatic rings. The summed E-state index contributed by atoms with van der Waals surface area (Å²) in [5.41, 5.74) is 0.974. The van der Waals surface area contributed by atoms with Gasteiger partial charge in [0.25, 0.3) is 0 Å². The summed E-state index contributed by atoms with van der Waals surface area (Å²) in [5.74, 6) is 0. The molecule has 1 aromatic heterocycles. The number of nitrogens with zero attached hydrogens (tertiary/aromatic N) is 1. The molecule has 0 spiro atoms. The van der Waals surface area contributed by atoms with E-state index in [9.17, 15) is 0 Å². The van der Waals surface area contributed by atoms with Gasteiger partial charge in [0.05, 0.1) is 19.3 Å². The topological polar surface area (TPSA) is 65.4 Å². The Morgan fingerprint density at radius 2 is 2.13 bits per heavy atom.